The summed E-state index contributed by atoms with van der Waals surface area (Å²) in [4.78, 5) is 0. The molecule has 1 heterocycles. The standard InChI is InChI=1S/C11H21NO/c1-8(2)9(3)11(12)10-6-4-5-7-13-10/h6,8-9,11H,4-5,7,12H2,1-3H3. The van der Waals surface area contributed by atoms with Crippen LogP contribution in [0.3, 0.4) is 0 Å². The van der Waals surface area contributed by atoms with Gasteiger partial charge < -0.3 is 10.5 Å². The van der Waals surface area contributed by atoms with E-state index in [1.165, 1.54) is 0 Å². The van der Waals surface area contributed by atoms with E-state index in [4.69, 9.17) is 10.5 Å². The quantitative estimate of drug-likeness (QED) is 0.728. The second-order valence-electron chi connectivity index (χ2n) is 4.23. The molecule has 1 aliphatic rings. The molecule has 0 fully saturated rings. The van der Waals surface area contributed by atoms with Crippen LogP contribution >= 0.6 is 0 Å². The topological polar surface area (TPSA) is 35.2 Å². The van der Waals surface area contributed by atoms with Crippen molar-refractivity contribution in [2.45, 2.75) is 39.7 Å². The summed E-state index contributed by atoms with van der Waals surface area (Å²) in [6.45, 7) is 7.43. The highest BCUT2D eigenvalue weighted by Crippen LogP contribution is 2.22. The summed E-state index contributed by atoms with van der Waals surface area (Å²) in [7, 11) is 0. The van der Waals surface area contributed by atoms with Gasteiger partial charge in [-0.1, -0.05) is 20.8 Å². The highest BCUT2D eigenvalue weighted by atomic mass is 16.5. The summed E-state index contributed by atoms with van der Waals surface area (Å²) in [5.41, 5.74) is 6.10. The van der Waals surface area contributed by atoms with E-state index < -0.39 is 0 Å². The van der Waals surface area contributed by atoms with Crippen LogP contribution in [0.2, 0.25) is 0 Å². The molecule has 0 bridgehead atoms. The second kappa shape index (κ2) is 4.66. The highest BCUT2D eigenvalue weighted by molar-refractivity contribution is 5.06. The SMILES string of the molecule is CC(C)C(C)C(N)C1=CCCCO1. The largest absolute Gasteiger partial charge is 0.497 e. The summed E-state index contributed by atoms with van der Waals surface area (Å²) in [5, 5.41) is 0. The minimum Gasteiger partial charge on any atom is -0.497 e. The third-order valence-corrected chi connectivity index (χ3v) is 2.91. The van der Waals surface area contributed by atoms with Crippen molar-refractivity contribution < 1.29 is 4.74 Å². The van der Waals surface area contributed by atoms with E-state index in [1.54, 1.807) is 0 Å². The average Bonchev–Trinajstić information content (AvgIpc) is 2.17. The highest BCUT2D eigenvalue weighted by Gasteiger charge is 2.22. The van der Waals surface area contributed by atoms with Gasteiger partial charge in [0.2, 0.25) is 0 Å². The monoisotopic (exact) mass is 183 g/mol. The number of nitrogens with two attached hydrogens (primary N) is 1. The van der Waals surface area contributed by atoms with E-state index in [0.717, 1.165) is 25.2 Å². The molecule has 0 amide bonds. The van der Waals surface area contributed by atoms with Gasteiger partial charge in [0.25, 0.3) is 0 Å². The normalized spacial score (nSPS) is 22.1. The molecule has 2 unspecified atom stereocenters. The maximum Gasteiger partial charge on any atom is 0.109 e. The fourth-order valence-corrected chi connectivity index (χ4v) is 1.48. The Balaban J connectivity index is 2.54. The number of hydrogen-bond donors (Lipinski definition) is 1. The fraction of sp³-hybridized carbons (Fsp3) is 0.818. The Bertz CT molecular complexity index is 187. The van der Waals surface area contributed by atoms with Crippen LogP contribution in [-0.4, -0.2) is 12.6 Å². The molecular formula is C11H21NO. The lowest BCUT2D eigenvalue weighted by molar-refractivity contribution is 0.156. The molecule has 2 atom stereocenters. The van der Waals surface area contributed by atoms with Gasteiger partial charge in [-0.15, -0.1) is 0 Å². The van der Waals surface area contributed by atoms with E-state index in [1.807, 2.05) is 0 Å². The van der Waals surface area contributed by atoms with Gasteiger partial charge in [-0.25, -0.2) is 0 Å². The van der Waals surface area contributed by atoms with E-state index in [2.05, 4.69) is 26.8 Å². The molecule has 2 nitrogen and oxygen atoms in total. The summed E-state index contributed by atoms with van der Waals surface area (Å²) in [6, 6.07) is 0.0836. The average molecular weight is 183 g/mol. The summed E-state index contributed by atoms with van der Waals surface area (Å²) < 4.78 is 5.55. The van der Waals surface area contributed by atoms with E-state index in [0.29, 0.717) is 11.8 Å². The van der Waals surface area contributed by atoms with E-state index in [-0.39, 0.29) is 6.04 Å². The molecule has 2 N–H and O–H groups in total. The Morgan fingerprint density at radius 2 is 2.08 bits per heavy atom. The van der Waals surface area contributed by atoms with Crippen LogP contribution in [0.1, 0.15) is 33.6 Å². The molecular weight excluding hydrogens is 162 g/mol. The van der Waals surface area contributed by atoms with Crippen LogP contribution in [0.5, 0.6) is 0 Å². The van der Waals surface area contributed by atoms with Gasteiger partial charge >= 0.3 is 0 Å². The van der Waals surface area contributed by atoms with Crippen molar-refractivity contribution in [3.05, 3.63) is 11.8 Å². The van der Waals surface area contributed by atoms with E-state index in [9.17, 15) is 0 Å². The van der Waals surface area contributed by atoms with E-state index >= 15 is 0 Å². The molecule has 0 aromatic carbocycles. The first kappa shape index (κ1) is 10.6. The van der Waals surface area contributed by atoms with Crippen LogP contribution < -0.4 is 5.73 Å². The molecule has 13 heavy (non-hydrogen) atoms. The molecule has 0 saturated heterocycles. The first-order chi connectivity index (χ1) is 6.13. The molecule has 76 valence electrons. The van der Waals surface area contributed by atoms with Crippen LogP contribution in [0, 0.1) is 11.8 Å². The Labute approximate surface area is 81.1 Å². The first-order valence-electron chi connectivity index (χ1n) is 5.21. The van der Waals surface area contributed by atoms with Gasteiger partial charge in [-0.3, -0.25) is 0 Å². The van der Waals surface area contributed by atoms with Crippen molar-refractivity contribution in [3.63, 3.8) is 0 Å². The Kier molecular flexibility index (Phi) is 3.79. The summed E-state index contributed by atoms with van der Waals surface area (Å²) >= 11 is 0. The smallest absolute Gasteiger partial charge is 0.109 e. The Morgan fingerprint density at radius 3 is 2.54 bits per heavy atom. The predicted octanol–water partition coefficient (Wildman–Crippen LogP) is 2.30. The zero-order chi connectivity index (χ0) is 9.84. The van der Waals surface area contributed by atoms with Gasteiger partial charge in [0.05, 0.1) is 12.6 Å². The van der Waals surface area contributed by atoms with Crippen LogP contribution in [0.15, 0.2) is 11.8 Å². The van der Waals surface area contributed by atoms with Gasteiger partial charge in [0.1, 0.15) is 5.76 Å². The zero-order valence-corrected chi connectivity index (χ0v) is 8.92. The lowest BCUT2D eigenvalue weighted by Gasteiger charge is -2.27. The minimum atomic E-state index is 0.0836. The second-order valence-corrected chi connectivity index (χ2v) is 4.23. The molecule has 0 aliphatic carbocycles. The lowest BCUT2D eigenvalue weighted by atomic mass is 9.89. The molecule has 0 saturated carbocycles. The summed E-state index contributed by atoms with van der Waals surface area (Å²) in [6.07, 6.45) is 4.40. The third kappa shape index (κ3) is 2.73. The van der Waals surface area contributed by atoms with Crippen molar-refractivity contribution >= 4 is 0 Å². The molecule has 0 radical (unpaired) electrons. The third-order valence-electron chi connectivity index (χ3n) is 2.91. The van der Waals surface area contributed by atoms with Crippen molar-refractivity contribution in [3.8, 4) is 0 Å². The zero-order valence-electron chi connectivity index (χ0n) is 8.92. The van der Waals surface area contributed by atoms with Crippen molar-refractivity contribution in [1.29, 1.82) is 0 Å². The number of rotatable bonds is 3. The molecule has 2 heteroatoms. The number of allylic oxidation sites excluding steroid dienone is 1. The van der Waals surface area contributed by atoms with Crippen LogP contribution in [0.25, 0.3) is 0 Å². The number of ether oxygens (including phenoxy) is 1. The fourth-order valence-electron chi connectivity index (χ4n) is 1.48. The van der Waals surface area contributed by atoms with Gasteiger partial charge in [-0.05, 0) is 30.8 Å². The summed E-state index contributed by atoms with van der Waals surface area (Å²) in [5.74, 6) is 2.11. The molecule has 0 spiro atoms. The van der Waals surface area contributed by atoms with Gasteiger partial charge in [0.15, 0.2) is 0 Å². The Morgan fingerprint density at radius 1 is 1.38 bits per heavy atom. The molecule has 1 aliphatic heterocycles. The Hall–Kier alpha value is -0.500. The van der Waals surface area contributed by atoms with Gasteiger partial charge in [0, 0.05) is 0 Å². The predicted molar refractivity (Wildman–Crippen MR) is 55.2 cm³/mol. The lowest BCUT2D eigenvalue weighted by Crippen LogP contribution is -2.35. The molecule has 1 rings (SSSR count). The molecule has 0 aromatic rings. The minimum absolute atomic E-state index is 0.0836. The maximum absolute atomic E-state index is 6.10. The first-order valence-corrected chi connectivity index (χ1v) is 5.21. The van der Waals surface area contributed by atoms with Gasteiger partial charge in [-0.2, -0.15) is 0 Å². The van der Waals surface area contributed by atoms with Crippen molar-refractivity contribution in [1.82, 2.24) is 0 Å². The van der Waals surface area contributed by atoms with Crippen molar-refractivity contribution in [2.24, 2.45) is 17.6 Å². The maximum atomic E-state index is 6.10. The number of hydrogen-bond acceptors (Lipinski definition) is 2. The van der Waals surface area contributed by atoms with Crippen LogP contribution in [0.4, 0.5) is 0 Å². The van der Waals surface area contributed by atoms with Crippen molar-refractivity contribution in [2.75, 3.05) is 6.61 Å². The van der Waals surface area contributed by atoms with Crippen LogP contribution in [-0.2, 0) is 4.74 Å². The molecule has 0 aromatic heterocycles.